The van der Waals surface area contributed by atoms with Crippen LogP contribution < -0.4 is 8.91 Å². The van der Waals surface area contributed by atoms with E-state index >= 15 is 0 Å². The predicted octanol–water partition coefficient (Wildman–Crippen LogP) is 4.11. The van der Waals surface area contributed by atoms with E-state index in [2.05, 4.69) is 76.0 Å². The minimum absolute atomic E-state index is 0.343. The largest absolute Gasteiger partial charge is 0.382 e. The molecule has 6 nitrogen and oxygen atoms in total. The van der Waals surface area contributed by atoms with Crippen LogP contribution in [0.15, 0.2) is 72.8 Å². The van der Waals surface area contributed by atoms with E-state index in [4.69, 9.17) is 4.18 Å². The summed E-state index contributed by atoms with van der Waals surface area (Å²) in [6.07, 6.45) is 0.942. The number of hydrogen-bond donors (Lipinski definition) is 1. The second-order valence-electron chi connectivity index (χ2n) is 8.74. The van der Waals surface area contributed by atoms with Crippen LogP contribution in [0.4, 0.5) is 0 Å². The van der Waals surface area contributed by atoms with Crippen molar-refractivity contribution in [3.8, 4) is 5.75 Å². The summed E-state index contributed by atoms with van der Waals surface area (Å²) in [7, 11) is -2.42. The number of benzene rings is 3. The van der Waals surface area contributed by atoms with Gasteiger partial charge in [0.05, 0.1) is 0 Å². The average Bonchev–Trinajstić information content (AvgIpc) is 2.85. The topological polar surface area (TPSA) is 61.9 Å². The summed E-state index contributed by atoms with van der Waals surface area (Å²) in [5, 5.41) is 0. The van der Waals surface area contributed by atoms with Crippen LogP contribution in [0.5, 0.6) is 5.75 Å². The number of rotatable bonds is 10. The Morgan fingerprint density at radius 1 is 0.912 bits per heavy atom. The van der Waals surface area contributed by atoms with Gasteiger partial charge in [-0.05, 0) is 52.9 Å². The quantitative estimate of drug-likeness (QED) is 0.474. The van der Waals surface area contributed by atoms with E-state index in [-0.39, 0.29) is 0 Å². The first-order valence-corrected chi connectivity index (χ1v) is 13.2. The molecule has 0 aromatic heterocycles. The molecule has 4 rings (SSSR count). The molecular formula is C27H33N3O3S. The van der Waals surface area contributed by atoms with Crippen molar-refractivity contribution in [2.75, 3.05) is 20.1 Å². The van der Waals surface area contributed by atoms with E-state index < -0.39 is 10.3 Å². The number of fused-ring (bicyclic) bond motifs is 1. The fourth-order valence-corrected chi connectivity index (χ4v) is 4.78. The van der Waals surface area contributed by atoms with Crippen molar-refractivity contribution < 1.29 is 12.6 Å². The van der Waals surface area contributed by atoms with Gasteiger partial charge < -0.3 is 4.18 Å². The monoisotopic (exact) mass is 479 g/mol. The SMILES string of the molecule is CCN(Cc1ccccc1)Cc1ccc(CN2CCc3ccc(OS(=O)(=O)NC)cc3C2)cc1. The van der Waals surface area contributed by atoms with Gasteiger partial charge in [-0.1, -0.05) is 67.6 Å². The fraction of sp³-hybridized carbons (Fsp3) is 0.333. The van der Waals surface area contributed by atoms with Gasteiger partial charge in [-0.2, -0.15) is 13.1 Å². The van der Waals surface area contributed by atoms with Gasteiger partial charge in [-0.15, -0.1) is 0 Å². The summed E-state index contributed by atoms with van der Waals surface area (Å²) in [5.74, 6) is 0.343. The maximum Gasteiger partial charge on any atom is 0.382 e. The lowest BCUT2D eigenvalue weighted by molar-refractivity contribution is 0.245. The molecule has 34 heavy (non-hydrogen) atoms. The molecule has 0 fully saturated rings. The second kappa shape index (κ2) is 11.1. The Morgan fingerprint density at radius 2 is 1.59 bits per heavy atom. The van der Waals surface area contributed by atoms with Crippen molar-refractivity contribution in [2.45, 2.75) is 39.5 Å². The van der Waals surface area contributed by atoms with E-state index in [0.29, 0.717) is 5.75 Å². The molecule has 0 spiro atoms. The minimum atomic E-state index is -3.76. The van der Waals surface area contributed by atoms with Crippen molar-refractivity contribution in [2.24, 2.45) is 0 Å². The van der Waals surface area contributed by atoms with Gasteiger partial charge in [-0.3, -0.25) is 9.80 Å². The van der Waals surface area contributed by atoms with Gasteiger partial charge in [0.25, 0.3) is 0 Å². The molecule has 1 aliphatic heterocycles. The fourth-order valence-electron chi connectivity index (χ4n) is 4.33. The van der Waals surface area contributed by atoms with Crippen molar-refractivity contribution in [3.05, 3.63) is 101 Å². The standard InChI is InChI=1S/C27H33N3O3S/c1-3-29(18-22-7-5-4-6-8-22)19-23-9-11-24(12-10-23)20-30-16-15-25-13-14-27(17-26(25)21-30)33-34(31,32)28-2/h4-14,17,28H,3,15-16,18-21H2,1-2H3. The highest BCUT2D eigenvalue weighted by Crippen LogP contribution is 2.25. The Kier molecular flexibility index (Phi) is 8.00. The van der Waals surface area contributed by atoms with E-state index in [1.807, 2.05) is 12.1 Å². The summed E-state index contributed by atoms with van der Waals surface area (Å²) < 4.78 is 30.7. The smallest absolute Gasteiger partial charge is 0.371 e. The maximum absolute atomic E-state index is 11.7. The van der Waals surface area contributed by atoms with Crippen molar-refractivity contribution in [1.29, 1.82) is 0 Å². The van der Waals surface area contributed by atoms with Crippen molar-refractivity contribution in [1.82, 2.24) is 14.5 Å². The van der Waals surface area contributed by atoms with Gasteiger partial charge in [0, 0.05) is 39.8 Å². The molecular weight excluding hydrogens is 446 g/mol. The highest BCUT2D eigenvalue weighted by atomic mass is 32.2. The van der Waals surface area contributed by atoms with Crippen LogP contribution in [0.2, 0.25) is 0 Å². The van der Waals surface area contributed by atoms with Crippen molar-refractivity contribution in [3.63, 3.8) is 0 Å². The van der Waals surface area contributed by atoms with Crippen LogP contribution in [0, 0.1) is 0 Å². The summed E-state index contributed by atoms with van der Waals surface area (Å²) in [4.78, 5) is 4.83. The molecule has 3 aromatic carbocycles. The van der Waals surface area contributed by atoms with E-state index in [9.17, 15) is 8.42 Å². The molecule has 0 saturated carbocycles. The summed E-state index contributed by atoms with van der Waals surface area (Å²) >= 11 is 0. The van der Waals surface area contributed by atoms with Gasteiger partial charge in [0.1, 0.15) is 5.75 Å². The lowest BCUT2D eigenvalue weighted by Gasteiger charge is -2.29. The van der Waals surface area contributed by atoms with E-state index in [1.165, 1.54) is 29.3 Å². The third kappa shape index (κ3) is 6.67. The Labute approximate surface area is 203 Å². The lowest BCUT2D eigenvalue weighted by Crippen LogP contribution is -2.30. The number of nitrogens with one attached hydrogen (secondary N) is 1. The molecule has 180 valence electrons. The molecule has 7 heteroatoms. The molecule has 1 aliphatic rings. The average molecular weight is 480 g/mol. The Balaban J connectivity index is 1.35. The van der Waals surface area contributed by atoms with Crippen LogP contribution >= 0.6 is 0 Å². The molecule has 0 aliphatic carbocycles. The molecule has 1 N–H and O–H groups in total. The highest BCUT2D eigenvalue weighted by Gasteiger charge is 2.18. The maximum atomic E-state index is 11.7. The Hall–Kier alpha value is -2.71. The summed E-state index contributed by atoms with van der Waals surface area (Å²) in [6.45, 7) is 7.70. The molecule has 1 heterocycles. The van der Waals surface area contributed by atoms with Gasteiger partial charge in [-0.25, -0.2) is 0 Å². The molecule has 0 atom stereocenters. The third-order valence-electron chi connectivity index (χ3n) is 6.26. The van der Waals surface area contributed by atoms with Crippen LogP contribution in [0.1, 0.15) is 34.7 Å². The molecule has 0 unspecified atom stereocenters. The van der Waals surface area contributed by atoms with E-state index in [1.54, 1.807) is 6.07 Å². The highest BCUT2D eigenvalue weighted by molar-refractivity contribution is 7.85. The molecule has 3 aromatic rings. The summed E-state index contributed by atoms with van der Waals surface area (Å²) in [6, 6.07) is 25.0. The third-order valence-corrected chi connectivity index (χ3v) is 7.17. The van der Waals surface area contributed by atoms with Crippen LogP contribution in [0.25, 0.3) is 0 Å². The number of nitrogens with zero attached hydrogens (tertiary/aromatic N) is 2. The minimum Gasteiger partial charge on any atom is -0.371 e. The Bertz CT molecular complexity index is 1180. The first-order valence-electron chi connectivity index (χ1n) is 11.8. The zero-order chi connectivity index (χ0) is 24.0. The van der Waals surface area contributed by atoms with Gasteiger partial charge in [0.2, 0.25) is 0 Å². The second-order valence-corrected chi connectivity index (χ2v) is 10.2. The number of hydrogen-bond acceptors (Lipinski definition) is 5. The Morgan fingerprint density at radius 3 is 2.26 bits per heavy atom. The van der Waals surface area contributed by atoms with Crippen LogP contribution in [-0.2, 0) is 42.9 Å². The zero-order valence-corrected chi connectivity index (χ0v) is 20.7. The molecule has 0 amide bonds. The molecule has 0 saturated heterocycles. The van der Waals surface area contributed by atoms with Crippen LogP contribution in [-0.4, -0.2) is 38.4 Å². The van der Waals surface area contributed by atoms with E-state index in [0.717, 1.165) is 51.3 Å². The van der Waals surface area contributed by atoms with Crippen molar-refractivity contribution >= 4 is 10.3 Å². The zero-order valence-electron chi connectivity index (χ0n) is 19.9. The predicted molar refractivity (Wildman–Crippen MR) is 136 cm³/mol. The first kappa shape index (κ1) is 24.4. The van der Waals surface area contributed by atoms with Gasteiger partial charge in [0.15, 0.2) is 0 Å². The summed E-state index contributed by atoms with van der Waals surface area (Å²) in [5.41, 5.74) is 6.30. The first-order chi connectivity index (χ1) is 16.4. The van der Waals surface area contributed by atoms with Gasteiger partial charge >= 0.3 is 10.3 Å². The molecule has 0 radical (unpaired) electrons. The van der Waals surface area contributed by atoms with Crippen LogP contribution in [0.3, 0.4) is 0 Å². The molecule has 0 bridgehead atoms. The lowest BCUT2D eigenvalue weighted by atomic mass is 9.99. The normalized spacial score (nSPS) is 14.2.